The van der Waals surface area contributed by atoms with Crippen LogP contribution in [-0.4, -0.2) is 41.7 Å². The van der Waals surface area contributed by atoms with E-state index in [2.05, 4.69) is 5.32 Å². The molecule has 0 heterocycles. The van der Waals surface area contributed by atoms with E-state index in [9.17, 15) is 9.59 Å². The smallest absolute Gasteiger partial charge is 0.242 e. The molecule has 1 N–H and O–H groups in total. The molecule has 1 atom stereocenters. The van der Waals surface area contributed by atoms with E-state index < -0.39 is 6.04 Å². The maximum absolute atomic E-state index is 13.2. The van der Waals surface area contributed by atoms with E-state index in [1.165, 1.54) is 11.8 Å². The summed E-state index contributed by atoms with van der Waals surface area (Å²) in [6.45, 7) is 2.18. The van der Waals surface area contributed by atoms with Crippen molar-refractivity contribution >= 4 is 23.6 Å². The molecule has 2 aromatic rings. The van der Waals surface area contributed by atoms with E-state index in [1.54, 1.807) is 12.0 Å². The van der Waals surface area contributed by atoms with Crippen LogP contribution in [0, 0.1) is 0 Å². The molecule has 30 heavy (non-hydrogen) atoms. The normalized spacial score (nSPS) is 14.9. The van der Waals surface area contributed by atoms with E-state index >= 15 is 0 Å². The van der Waals surface area contributed by atoms with Crippen LogP contribution < -0.4 is 10.1 Å². The monoisotopic (exact) mass is 426 g/mol. The Kier molecular flexibility index (Phi) is 8.20. The van der Waals surface area contributed by atoms with Crippen LogP contribution >= 0.6 is 11.8 Å². The number of hydrogen-bond donors (Lipinski definition) is 1. The van der Waals surface area contributed by atoms with Gasteiger partial charge < -0.3 is 15.0 Å². The van der Waals surface area contributed by atoms with Crippen molar-refractivity contribution in [3.63, 3.8) is 0 Å². The summed E-state index contributed by atoms with van der Waals surface area (Å²) >= 11 is 1.49. The Balaban J connectivity index is 1.72. The van der Waals surface area contributed by atoms with Crippen molar-refractivity contribution in [3.05, 3.63) is 60.2 Å². The van der Waals surface area contributed by atoms with Gasteiger partial charge in [0.15, 0.2) is 0 Å². The molecule has 0 saturated heterocycles. The van der Waals surface area contributed by atoms with Gasteiger partial charge in [-0.1, -0.05) is 43.2 Å². The second-order valence-corrected chi connectivity index (χ2v) is 8.69. The first-order valence-corrected chi connectivity index (χ1v) is 11.5. The third-order valence-electron chi connectivity index (χ3n) is 5.46. The van der Waals surface area contributed by atoms with Gasteiger partial charge in [-0.25, -0.2) is 0 Å². The van der Waals surface area contributed by atoms with Gasteiger partial charge in [0.1, 0.15) is 11.8 Å². The lowest BCUT2D eigenvalue weighted by molar-refractivity contribution is -0.138. The molecule has 1 saturated carbocycles. The molecule has 0 radical (unpaired) electrons. The quantitative estimate of drug-likeness (QED) is 0.609. The number of benzene rings is 2. The number of thioether (sulfide) groups is 1. The van der Waals surface area contributed by atoms with Crippen molar-refractivity contribution < 1.29 is 14.3 Å². The predicted octanol–water partition coefficient (Wildman–Crippen LogP) is 4.26. The summed E-state index contributed by atoms with van der Waals surface area (Å²) in [5.41, 5.74) is 0.938. The summed E-state index contributed by atoms with van der Waals surface area (Å²) in [4.78, 5) is 28.8. The van der Waals surface area contributed by atoms with Crippen LogP contribution in [0.1, 0.15) is 38.2 Å². The molecule has 3 rings (SSSR count). The molecule has 2 amide bonds. The van der Waals surface area contributed by atoms with Crippen molar-refractivity contribution in [1.82, 2.24) is 10.2 Å². The van der Waals surface area contributed by atoms with Crippen LogP contribution in [0.15, 0.2) is 59.5 Å². The Bertz CT molecular complexity index is 837. The van der Waals surface area contributed by atoms with Gasteiger partial charge >= 0.3 is 0 Å². The minimum Gasteiger partial charge on any atom is -0.497 e. The Morgan fingerprint density at radius 1 is 1.13 bits per heavy atom. The van der Waals surface area contributed by atoms with Crippen LogP contribution in [0.4, 0.5) is 0 Å². The van der Waals surface area contributed by atoms with Crippen molar-refractivity contribution in [2.24, 2.45) is 0 Å². The first-order chi connectivity index (χ1) is 14.6. The van der Waals surface area contributed by atoms with Crippen LogP contribution in [0.25, 0.3) is 0 Å². The number of carbonyl (C=O) groups is 2. The average Bonchev–Trinajstić information content (AvgIpc) is 3.29. The van der Waals surface area contributed by atoms with E-state index in [0.29, 0.717) is 6.54 Å². The molecule has 5 nitrogen and oxygen atoms in total. The number of rotatable bonds is 9. The van der Waals surface area contributed by atoms with Gasteiger partial charge in [-0.15, -0.1) is 11.8 Å². The fourth-order valence-corrected chi connectivity index (χ4v) is 4.49. The molecule has 1 aliphatic carbocycles. The molecular weight excluding hydrogens is 396 g/mol. The van der Waals surface area contributed by atoms with E-state index in [0.717, 1.165) is 41.9 Å². The van der Waals surface area contributed by atoms with Gasteiger partial charge in [-0.3, -0.25) is 9.59 Å². The molecule has 0 unspecified atom stereocenters. The Morgan fingerprint density at radius 3 is 2.57 bits per heavy atom. The van der Waals surface area contributed by atoms with Crippen LogP contribution in [0.5, 0.6) is 5.75 Å². The number of nitrogens with one attached hydrogen (secondary N) is 1. The van der Waals surface area contributed by atoms with Gasteiger partial charge in [-0.2, -0.15) is 0 Å². The van der Waals surface area contributed by atoms with Gasteiger partial charge in [0.05, 0.1) is 12.9 Å². The first-order valence-electron chi connectivity index (χ1n) is 10.5. The zero-order valence-corrected chi connectivity index (χ0v) is 18.5. The lowest BCUT2D eigenvalue weighted by Crippen LogP contribution is -2.50. The van der Waals surface area contributed by atoms with Gasteiger partial charge in [-0.05, 0) is 49.6 Å². The molecule has 160 valence electrons. The first kappa shape index (κ1) is 22.2. The van der Waals surface area contributed by atoms with Gasteiger partial charge in [0.25, 0.3) is 0 Å². The van der Waals surface area contributed by atoms with Crippen LogP contribution in [0.3, 0.4) is 0 Å². The van der Waals surface area contributed by atoms with Crippen LogP contribution in [0.2, 0.25) is 0 Å². The molecule has 0 spiro atoms. The Labute approximate surface area is 183 Å². The lowest BCUT2D eigenvalue weighted by atomic mass is 10.1. The van der Waals surface area contributed by atoms with Crippen molar-refractivity contribution in [1.29, 1.82) is 0 Å². The number of ether oxygens (including phenoxy) is 1. The maximum Gasteiger partial charge on any atom is 0.242 e. The summed E-state index contributed by atoms with van der Waals surface area (Å²) < 4.78 is 5.31. The highest BCUT2D eigenvalue weighted by Gasteiger charge is 2.28. The summed E-state index contributed by atoms with van der Waals surface area (Å²) in [7, 11) is 1.62. The van der Waals surface area contributed by atoms with Crippen molar-refractivity contribution in [3.8, 4) is 5.75 Å². The molecule has 1 aliphatic rings. The number of methoxy groups -OCH3 is 1. The number of nitrogens with zero attached hydrogens (tertiary/aromatic N) is 1. The molecule has 0 aliphatic heterocycles. The summed E-state index contributed by atoms with van der Waals surface area (Å²) in [6.07, 6.45) is 4.34. The van der Waals surface area contributed by atoms with E-state index in [1.807, 2.05) is 61.5 Å². The summed E-state index contributed by atoms with van der Waals surface area (Å²) in [5, 5.41) is 3.13. The zero-order chi connectivity index (χ0) is 21.3. The minimum absolute atomic E-state index is 0.0549. The second kappa shape index (κ2) is 11.1. The summed E-state index contributed by atoms with van der Waals surface area (Å²) in [6, 6.07) is 17.2. The fourth-order valence-electron chi connectivity index (χ4n) is 3.69. The molecule has 1 fully saturated rings. The summed E-state index contributed by atoms with van der Waals surface area (Å²) in [5.74, 6) is 0.889. The van der Waals surface area contributed by atoms with E-state index in [-0.39, 0.29) is 23.6 Å². The third-order valence-corrected chi connectivity index (χ3v) is 6.46. The van der Waals surface area contributed by atoms with Crippen molar-refractivity contribution in [2.45, 2.75) is 56.1 Å². The highest BCUT2D eigenvalue weighted by molar-refractivity contribution is 8.00. The molecular formula is C24H30N2O3S. The SMILES string of the molecule is COc1cccc(CN(C(=O)CSc2ccccc2)[C@@H](C)C(=O)NC2CCCC2)c1. The van der Waals surface area contributed by atoms with Gasteiger partial charge in [0, 0.05) is 17.5 Å². The van der Waals surface area contributed by atoms with Gasteiger partial charge in [0.2, 0.25) is 11.8 Å². The largest absolute Gasteiger partial charge is 0.497 e. The van der Waals surface area contributed by atoms with E-state index in [4.69, 9.17) is 4.74 Å². The fraction of sp³-hybridized carbons (Fsp3) is 0.417. The molecule has 6 heteroatoms. The number of carbonyl (C=O) groups excluding carboxylic acids is 2. The standard InChI is InChI=1S/C24H30N2O3S/c1-18(24(28)25-20-10-6-7-11-20)26(16-19-9-8-12-21(15-19)29-2)23(27)17-30-22-13-4-3-5-14-22/h3-5,8-9,12-15,18,20H,6-7,10-11,16-17H2,1-2H3,(H,25,28)/t18-/m0/s1. The molecule has 2 aromatic carbocycles. The van der Waals surface area contributed by atoms with Crippen molar-refractivity contribution in [2.75, 3.05) is 12.9 Å². The Morgan fingerprint density at radius 2 is 1.87 bits per heavy atom. The van der Waals surface area contributed by atoms with Crippen LogP contribution in [-0.2, 0) is 16.1 Å². The molecule has 0 aromatic heterocycles. The highest BCUT2D eigenvalue weighted by Crippen LogP contribution is 2.22. The number of hydrogen-bond acceptors (Lipinski definition) is 4. The number of amides is 2. The topological polar surface area (TPSA) is 58.6 Å². The molecule has 0 bridgehead atoms. The predicted molar refractivity (Wildman–Crippen MR) is 121 cm³/mol. The highest BCUT2D eigenvalue weighted by atomic mass is 32.2. The second-order valence-electron chi connectivity index (χ2n) is 7.64. The maximum atomic E-state index is 13.2. The third kappa shape index (κ3) is 6.26. The zero-order valence-electron chi connectivity index (χ0n) is 17.7. The average molecular weight is 427 g/mol. The lowest BCUT2D eigenvalue weighted by Gasteiger charge is -2.29. The minimum atomic E-state index is -0.541. The Hall–Kier alpha value is -2.47.